The highest BCUT2D eigenvalue weighted by atomic mass is 35.5. The van der Waals surface area contributed by atoms with Crippen LogP contribution in [0, 0.1) is 0 Å². The number of rotatable bonds is 8. The van der Waals surface area contributed by atoms with Crippen molar-refractivity contribution < 1.29 is 9.53 Å². The lowest BCUT2D eigenvalue weighted by atomic mass is 10.2. The number of carbonyl (C=O) groups is 1. The van der Waals surface area contributed by atoms with E-state index in [2.05, 4.69) is 15.5 Å². The highest BCUT2D eigenvalue weighted by Gasteiger charge is 2.15. The minimum absolute atomic E-state index is 0.0275. The predicted octanol–water partition coefficient (Wildman–Crippen LogP) is 4.68. The minimum atomic E-state index is -0.323. The maximum atomic E-state index is 13.3. The maximum absolute atomic E-state index is 13.3. The van der Waals surface area contributed by atoms with Gasteiger partial charge in [0.15, 0.2) is 5.16 Å². The second-order valence-corrected chi connectivity index (χ2v) is 8.49. The number of fused-ring (bicyclic) bond motifs is 1. The van der Waals surface area contributed by atoms with Gasteiger partial charge < -0.3 is 4.74 Å². The fraction of sp³-hybridized carbons (Fsp3) is 0.120. The van der Waals surface area contributed by atoms with Crippen LogP contribution in [0.2, 0.25) is 5.02 Å². The number of nitrogens with zero attached hydrogens (tertiary/aromatic N) is 3. The van der Waals surface area contributed by atoms with Crippen LogP contribution in [-0.4, -0.2) is 34.0 Å². The number of para-hydroxylation sites is 1. The number of aromatic nitrogens is 2. The van der Waals surface area contributed by atoms with E-state index in [0.717, 1.165) is 17.3 Å². The molecule has 0 saturated heterocycles. The molecule has 0 radical (unpaired) electrons. The van der Waals surface area contributed by atoms with Crippen molar-refractivity contribution in [2.75, 3.05) is 12.4 Å². The summed E-state index contributed by atoms with van der Waals surface area (Å²) >= 11 is 7.03. The quantitative estimate of drug-likeness (QED) is 0.167. The lowest BCUT2D eigenvalue weighted by molar-refractivity contribution is -0.118. The van der Waals surface area contributed by atoms with E-state index < -0.39 is 0 Å². The molecule has 0 unspecified atom stereocenters. The van der Waals surface area contributed by atoms with E-state index >= 15 is 0 Å². The summed E-state index contributed by atoms with van der Waals surface area (Å²) < 4.78 is 7.01. The zero-order valence-corrected chi connectivity index (χ0v) is 19.8. The summed E-state index contributed by atoms with van der Waals surface area (Å²) in [5.41, 5.74) is 4.29. The van der Waals surface area contributed by atoms with Crippen LogP contribution in [0.15, 0.2) is 87.8 Å². The molecule has 4 aromatic rings. The number of benzene rings is 3. The summed E-state index contributed by atoms with van der Waals surface area (Å²) in [6, 6.07) is 21.4. The fourth-order valence-corrected chi connectivity index (χ4v) is 4.12. The SMILES string of the molecule is CCOc1ccc(-n2c(SCC(=O)NN=Cc3ccc(Cl)cc3)nc3ccccc3c2=O)cc1. The molecule has 0 atom stereocenters. The van der Waals surface area contributed by atoms with E-state index in [0.29, 0.717) is 39.1 Å². The van der Waals surface area contributed by atoms with Gasteiger partial charge in [0.05, 0.1) is 35.2 Å². The van der Waals surface area contributed by atoms with Gasteiger partial charge in [-0.05, 0) is 61.0 Å². The first-order valence-electron chi connectivity index (χ1n) is 10.5. The van der Waals surface area contributed by atoms with Crippen LogP contribution >= 0.6 is 23.4 Å². The van der Waals surface area contributed by atoms with E-state index in [9.17, 15) is 9.59 Å². The van der Waals surface area contributed by atoms with Crippen LogP contribution in [0.1, 0.15) is 12.5 Å². The molecule has 0 spiro atoms. The van der Waals surface area contributed by atoms with Gasteiger partial charge in [-0.2, -0.15) is 5.10 Å². The molecule has 3 aromatic carbocycles. The molecular formula is C25H21ClN4O3S. The van der Waals surface area contributed by atoms with Crippen LogP contribution in [-0.2, 0) is 4.79 Å². The first kappa shape index (κ1) is 23.5. The number of ether oxygens (including phenoxy) is 1. The van der Waals surface area contributed by atoms with Gasteiger partial charge in [-0.3, -0.25) is 14.2 Å². The van der Waals surface area contributed by atoms with E-state index in [4.69, 9.17) is 16.3 Å². The zero-order chi connectivity index (χ0) is 23.9. The third-order valence-corrected chi connectivity index (χ3v) is 5.95. The van der Waals surface area contributed by atoms with Crippen molar-refractivity contribution in [3.05, 3.63) is 93.7 Å². The Balaban J connectivity index is 1.56. The number of hydrogen-bond acceptors (Lipinski definition) is 6. The van der Waals surface area contributed by atoms with Gasteiger partial charge in [0, 0.05) is 5.02 Å². The maximum Gasteiger partial charge on any atom is 0.266 e. The van der Waals surface area contributed by atoms with Gasteiger partial charge in [0.25, 0.3) is 11.5 Å². The second-order valence-electron chi connectivity index (χ2n) is 7.11. The summed E-state index contributed by atoms with van der Waals surface area (Å²) in [6.45, 7) is 2.46. The van der Waals surface area contributed by atoms with Gasteiger partial charge in [0.1, 0.15) is 5.75 Å². The fourth-order valence-electron chi connectivity index (χ4n) is 3.18. The summed E-state index contributed by atoms with van der Waals surface area (Å²) in [5.74, 6) is 0.413. The largest absolute Gasteiger partial charge is 0.494 e. The lowest BCUT2D eigenvalue weighted by Gasteiger charge is -2.13. The molecular weight excluding hydrogens is 472 g/mol. The molecule has 172 valence electrons. The molecule has 1 amide bonds. The van der Waals surface area contributed by atoms with Gasteiger partial charge in [-0.15, -0.1) is 0 Å². The average molecular weight is 493 g/mol. The van der Waals surface area contributed by atoms with Crippen molar-refractivity contribution in [2.24, 2.45) is 5.10 Å². The summed E-state index contributed by atoms with van der Waals surface area (Å²) in [7, 11) is 0. The molecule has 4 rings (SSSR count). The molecule has 0 fully saturated rings. The zero-order valence-electron chi connectivity index (χ0n) is 18.3. The Morgan fingerprint density at radius 2 is 1.85 bits per heavy atom. The van der Waals surface area contributed by atoms with Crippen molar-refractivity contribution in [3.8, 4) is 11.4 Å². The standard InChI is InChI=1S/C25H21ClN4O3S/c1-2-33-20-13-11-19(12-14-20)30-24(32)21-5-3-4-6-22(21)28-25(30)34-16-23(31)29-27-15-17-7-9-18(26)10-8-17/h3-15H,2,16H2,1H3,(H,29,31). The number of hydrazone groups is 1. The molecule has 7 nitrogen and oxygen atoms in total. The summed E-state index contributed by atoms with van der Waals surface area (Å²) in [6.07, 6.45) is 1.53. The summed E-state index contributed by atoms with van der Waals surface area (Å²) in [4.78, 5) is 30.3. The number of thioether (sulfide) groups is 1. The Morgan fingerprint density at radius 1 is 1.12 bits per heavy atom. The molecule has 9 heteroatoms. The third kappa shape index (κ3) is 5.65. The first-order chi connectivity index (χ1) is 16.5. The van der Waals surface area contributed by atoms with Gasteiger partial charge in [0.2, 0.25) is 0 Å². The Morgan fingerprint density at radius 3 is 2.59 bits per heavy atom. The van der Waals surface area contributed by atoms with Crippen molar-refractivity contribution in [1.29, 1.82) is 0 Å². The number of nitrogens with one attached hydrogen (secondary N) is 1. The first-order valence-corrected chi connectivity index (χ1v) is 11.9. The molecule has 0 aliphatic rings. The predicted molar refractivity (Wildman–Crippen MR) is 136 cm³/mol. The van der Waals surface area contributed by atoms with E-state index in [1.165, 1.54) is 10.8 Å². The molecule has 0 aliphatic heterocycles. The van der Waals surface area contributed by atoms with Crippen LogP contribution < -0.4 is 15.7 Å². The highest BCUT2D eigenvalue weighted by Crippen LogP contribution is 2.23. The number of halogens is 1. The summed E-state index contributed by atoms with van der Waals surface area (Å²) in [5, 5.41) is 5.50. The van der Waals surface area contributed by atoms with E-state index in [1.54, 1.807) is 66.7 Å². The third-order valence-electron chi connectivity index (χ3n) is 4.76. The van der Waals surface area contributed by atoms with E-state index in [-0.39, 0.29) is 17.2 Å². The molecule has 0 bridgehead atoms. The van der Waals surface area contributed by atoms with Crippen LogP contribution in [0.25, 0.3) is 16.6 Å². The minimum Gasteiger partial charge on any atom is -0.494 e. The molecule has 1 N–H and O–H groups in total. The van der Waals surface area contributed by atoms with Crippen molar-refractivity contribution in [1.82, 2.24) is 15.0 Å². The second kappa shape index (κ2) is 11.0. The van der Waals surface area contributed by atoms with Crippen molar-refractivity contribution >= 4 is 46.4 Å². The Bertz CT molecular complexity index is 1390. The monoisotopic (exact) mass is 492 g/mol. The Hall–Kier alpha value is -3.62. The van der Waals surface area contributed by atoms with Gasteiger partial charge in [-0.1, -0.05) is 47.6 Å². The number of carbonyl (C=O) groups excluding carboxylic acids is 1. The van der Waals surface area contributed by atoms with Gasteiger partial charge >= 0.3 is 0 Å². The molecule has 1 aromatic heterocycles. The lowest BCUT2D eigenvalue weighted by Crippen LogP contribution is -2.24. The number of amides is 1. The highest BCUT2D eigenvalue weighted by molar-refractivity contribution is 7.99. The van der Waals surface area contributed by atoms with Crippen LogP contribution in [0.3, 0.4) is 0 Å². The smallest absolute Gasteiger partial charge is 0.266 e. The molecule has 34 heavy (non-hydrogen) atoms. The molecule has 0 aliphatic carbocycles. The topological polar surface area (TPSA) is 85.6 Å². The molecule has 1 heterocycles. The normalized spacial score (nSPS) is 11.1. The van der Waals surface area contributed by atoms with Crippen molar-refractivity contribution in [2.45, 2.75) is 12.1 Å². The average Bonchev–Trinajstić information content (AvgIpc) is 2.85. The molecule has 0 saturated carbocycles. The van der Waals surface area contributed by atoms with Crippen LogP contribution in [0.5, 0.6) is 5.75 Å². The van der Waals surface area contributed by atoms with Gasteiger partial charge in [-0.25, -0.2) is 10.4 Å². The Kier molecular flexibility index (Phi) is 7.61. The Labute approximate surface area is 205 Å². The van der Waals surface area contributed by atoms with Crippen molar-refractivity contribution in [3.63, 3.8) is 0 Å². The van der Waals surface area contributed by atoms with E-state index in [1.807, 2.05) is 13.0 Å². The number of hydrogen-bond donors (Lipinski definition) is 1. The van der Waals surface area contributed by atoms with Crippen LogP contribution in [0.4, 0.5) is 0 Å².